The van der Waals surface area contributed by atoms with Gasteiger partial charge in [-0.2, -0.15) is 26.3 Å². The van der Waals surface area contributed by atoms with Gasteiger partial charge in [0.1, 0.15) is 0 Å². The van der Waals surface area contributed by atoms with Gasteiger partial charge in [-0.05, 0) is 72.9 Å². The third-order valence-corrected chi connectivity index (χ3v) is 7.04. The van der Waals surface area contributed by atoms with Gasteiger partial charge < -0.3 is 9.80 Å². The lowest BCUT2D eigenvalue weighted by Gasteiger charge is -2.41. The minimum atomic E-state index is -5.08. The van der Waals surface area contributed by atoms with Gasteiger partial charge in [-0.25, -0.2) is 0 Å². The summed E-state index contributed by atoms with van der Waals surface area (Å²) in [6.45, 7) is 3.86. The van der Waals surface area contributed by atoms with Crippen LogP contribution >= 0.6 is 12.4 Å². The fourth-order valence-electron chi connectivity index (χ4n) is 4.69. The summed E-state index contributed by atoms with van der Waals surface area (Å²) < 4.78 is 80.8. The highest BCUT2D eigenvalue weighted by Crippen LogP contribution is 2.37. The zero-order valence-electron chi connectivity index (χ0n) is 22.7. The average Bonchev–Trinajstić information content (AvgIpc) is 2.92. The number of amides is 2. The average molecular weight is 612 g/mol. The van der Waals surface area contributed by atoms with Crippen LogP contribution in [0.4, 0.5) is 26.3 Å². The van der Waals surface area contributed by atoms with Gasteiger partial charge in [-0.15, -0.1) is 12.4 Å². The molecule has 2 heterocycles. The number of benzene rings is 2. The molecule has 1 saturated heterocycles. The predicted octanol–water partition coefficient (Wildman–Crippen LogP) is 6.77. The molecule has 0 bridgehead atoms. The van der Waals surface area contributed by atoms with Crippen molar-refractivity contribution in [3.63, 3.8) is 0 Å². The molecule has 0 aliphatic carbocycles. The third-order valence-electron chi connectivity index (χ3n) is 7.04. The second kappa shape index (κ2) is 13.0. The van der Waals surface area contributed by atoms with Gasteiger partial charge in [-0.3, -0.25) is 14.6 Å². The normalized spacial score (nSPS) is 16.0. The molecule has 42 heavy (non-hydrogen) atoms. The molecule has 0 radical (unpaired) electrons. The molecule has 1 fully saturated rings. The molecule has 2 aromatic carbocycles. The van der Waals surface area contributed by atoms with E-state index in [2.05, 4.69) is 4.98 Å². The number of halogens is 7. The molecule has 12 heteroatoms. The second-order valence-electron chi connectivity index (χ2n) is 9.97. The standard InChI is InChI=1S/C30H27F6N3O2.ClH/c1-19-5-6-22(12-20(19)2)13-26-18-38(27(40)8-7-21-4-3-9-37-17-21)10-11-39(26)28(41)23-14-24(29(31,32)33)16-25(15-23)30(34,35)36;/h3-9,12,14-17,26H,10-11,13,18H2,1-2H3;1H/t26-;/m1./s1. The maximum atomic E-state index is 13.5. The summed E-state index contributed by atoms with van der Waals surface area (Å²) in [4.78, 5) is 33.3. The van der Waals surface area contributed by atoms with Crippen LogP contribution in [0, 0.1) is 13.8 Å². The Balaban J connectivity index is 0.00000484. The molecule has 0 saturated carbocycles. The van der Waals surface area contributed by atoms with Gasteiger partial charge in [0.2, 0.25) is 5.91 Å². The lowest BCUT2D eigenvalue weighted by atomic mass is 9.97. The van der Waals surface area contributed by atoms with E-state index in [1.807, 2.05) is 32.0 Å². The van der Waals surface area contributed by atoms with Crippen LogP contribution in [0.25, 0.3) is 6.08 Å². The van der Waals surface area contributed by atoms with Crippen LogP contribution < -0.4 is 0 Å². The van der Waals surface area contributed by atoms with Crippen LogP contribution in [0.5, 0.6) is 0 Å². The third kappa shape index (κ3) is 7.90. The Morgan fingerprint density at radius 1 is 0.929 bits per heavy atom. The molecule has 224 valence electrons. The van der Waals surface area contributed by atoms with Crippen LogP contribution in [0.15, 0.2) is 67.0 Å². The van der Waals surface area contributed by atoms with Gasteiger partial charge in [0.15, 0.2) is 0 Å². The molecule has 1 aliphatic heterocycles. The molecule has 1 aliphatic rings. The van der Waals surface area contributed by atoms with Crippen LogP contribution in [0.1, 0.15) is 43.7 Å². The van der Waals surface area contributed by atoms with Crippen molar-refractivity contribution < 1.29 is 35.9 Å². The first-order valence-electron chi connectivity index (χ1n) is 12.8. The lowest BCUT2D eigenvalue weighted by molar-refractivity contribution is -0.143. The summed E-state index contributed by atoms with van der Waals surface area (Å²) in [5.74, 6) is -1.31. The van der Waals surface area contributed by atoms with Gasteiger partial charge in [0.05, 0.1) is 17.2 Å². The van der Waals surface area contributed by atoms with E-state index in [1.54, 1.807) is 30.6 Å². The van der Waals surface area contributed by atoms with Gasteiger partial charge in [0, 0.05) is 43.7 Å². The number of hydrogen-bond donors (Lipinski definition) is 0. The number of carbonyl (C=O) groups excluding carboxylic acids is 2. The van der Waals surface area contributed by atoms with Crippen molar-refractivity contribution in [2.45, 2.75) is 38.7 Å². The molecule has 4 rings (SSSR count). The number of rotatable bonds is 5. The van der Waals surface area contributed by atoms with Crippen LogP contribution in [-0.4, -0.2) is 52.3 Å². The van der Waals surface area contributed by atoms with Crippen molar-refractivity contribution in [2.24, 2.45) is 0 Å². The molecule has 2 amide bonds. The van der Waals surface area contributed by atoms with Crippen LogP contribution in [-0.2, 0) is 23.6 Å². The van der Waals surface area contributed by atoms with E-state index < -0.39 is 41.0 Å². The number of aryl methyl sites for hydroxylation is 2. The lowest BCUT2D eigenvalue weighted by Crippen LogP contribution is -2.57. The van der Waals surface area contributed by atoms with Crippen molar-refractivity contribution in [3.8, 4) is 0 Å². The van der Waals surface area contributed by atoms with Crippen LogP contribution in [0.2, 0.25) is 0 Å². The van der Waals surface area contributed by atoms with E-state index in [-0.39, 0.29) is 50.4 Å². The smallest absolute Gasteiger partial charge is 0.335 e. The van der Waals surface area contributed by atoms with Gasteiger partial charge in [-0.1, -0.05) is 24.3 Å². The van der Waals surface area contributed by atoms with Crippen molar-refractivity contribution >= 4 is 30.3 Å². The predicted molar refractivity (Wildman–Crippen MR) is 148 cm³/mol. The summed E-state index contributed by atoms with van der Waals surface area (Å²) in [6.07, 6.45) is -3.80. The Morgan fingerprint density at radius 2 is 1.60 bits per heavy atom. The molecular weight excluding hydrogens is 584 g/mol. The number of carbonyl (C=O) groups is 2. The van der Waals surface area contributed by atoms with Gasteiger partial charge in [0.25, 0.3) is 5.91 Å². The quantitative estimate of drug-likeness (QED) is 0.236. The highest BCUT2D eigenvalue weighted by atomic mass is 35.5. The minimum absolute atomic E-state index is 0. The number of aromatic nitrogens is 1. The zero-order chi connectivity index (χ0) is 29.9. The SMILES string of the molecule is Cc1ccc(C[C@@H]2CN(C(=O)C=Cc3cccnc3)CCN2C(=O)c2cc(C(F)(F)F)cc(C(F)(F)F)c2)cc1C.Cl. The Kier molecular flexibility index (Phi) is 10.1. The van der Waals surface area contributed by atoms with E-state index in [1.165, 1.54) is 15.9 Å². The molecule has 1 atom stereocenters. The maximum absolute atomic E-state index is 13.5. The van der Waals surface area contributed by atoms with Gasteiger partial charge >= 0.3 is 12.4 Å². The van der Waals surface area contributed by atoms with E-state index in [9.17, 15) is 35.9 Å². The molecule has 1 aromatic heterocycles. The highest BCUT2D eigenvalue weighted by molar-refractivity contribution is 5.96. The first-order valence-corrected chi connectivity index (χ1v) is 12.8. The molecule has 0 unspecified atom stereocenters. The number of hydrogen-bond acceptors (Lipinski definition) is 3. The van der Waals surface area contributed by atoms with E-state index in [0.717, 1.165) is 16.7 Å². The Morgan fingerprint density at radius 3 is 2.17 bits per heavy atom. The first-order chi connectivity index (χ1) is 19.2. The van der Waals surface area contributed by atoms with E-state index in [0.29, 0.717) is 17.7 Å². The fourth-order valence-corrected chi connectivity index (χ4v) is 4.69. The molecule has 5 nitrogen and oxygen atoms in total. The van der Waals surface area contributed by atoms with E-state index in [4.69, 9.17) is 0 Å². The Hall–Kier alpha value is -3.86. The fraction of sp³-hybridized carbons (Fsp3) is 0.300. The second-order valence-corrected chi connectivity index (χ2v) is 9.97. The number of nitrogens with zero attached hydrogens (tertiary/aromatic N) is 3. The van der Waals surface area contributed by atoms with Crippen molar-refractivity contribution in [3.05, 3.63) is 106 Å². The number of pyridine rings is 1. The monoisotopic (exact) mass is 611 g/mol. The zero-order valence-corrected chi connectivity index (χ0v) is 23.5. The Labute approximate surface area is 245 Å². The highest BCUT2D eigenvalue weighted by Gasteiger charge is 2.39. The summed E-state index contributed by atoms with van der Waals surface area (Å²) in [5, 5.41) is 0. The minimum Gasteiger partial charge on any atom is -0.335 e. The van der Waals surface area contributed by atoms with Crippen molar-refractivity contribution in [1.82, 2.24) is 14.8 Å². The largest absolute Gasteiger partial charge is 0.416 e. The first kappa shape index (κ1) is 32.7. The van der Waals surface area contributed by atoms with E-state index >= 15 is 0 Å². The molecule has 3 aromatic rings. The van der Waals surface area contributed by atoms with Crippen LogP contribution in [0.3, 0.4) is 0 Å². The summed E-state index contributed by atoms with van der Waals surface area (Å²) in [7, 11) is 0. The topological polar surface area (TPSA) is 53.5 Å². The summed E-state index contributed by atoms with van der Waals surface area (Å²) >= 11 is 0. The number of alkyl halides is 6. The Bertz CT molecular complexity index is 1430. The molecular formula is C30H28ClF6N3O2. The number of piperazine rings is 1. The summed E-state index contributed by atoms with van der Waals surface area (Å²) in [6, 6.07) is 9.31. The van der Waals surface area contributed by atoms with Crippen molar-refractivity contribution in [1.29, 1.82) is 0 Å². The summed E-state index contributed by atoms with van der Waals surface area (Å²) in [5.41, 5.74) is -0.301. The maximum Gasteiger partial charge on any atom is 0.416 e. The van der Waals surface area contributed by atoms with Crippen molar-refractivity contribution in [2.75, 3.05) is 19.6 Å². The molecule has 0 spiro atoms. The molecule has 0 N–H and O–H groups in total.